The van der Waals surface area contributed by atoms with Crippen LogP contribution in [0.25, 0.3) is 0 Å². The maximum atomic E-state index is 5.32. The zero-order valence-corrected chi connectivity index (χ0v) is 10.8. The second-order valence-corrected chi connectivity index (χ2v) is 4.14. The zero-order chi connectivity index (χ0) is 12.8. The van der Waals surface area contributed by atoms with Crippen molar-refractivity contribution in [1.82, 2.24) is 10.9 Å². The van der Waals surface area contributed by atoms with E-state index in [0.717, 1.165) is 16.9 Å². The average molecular weight is 270 g/mol. The molecule has 1 rings (SSSR count). The van der Waals surface area contributed by atoms with Gasteiger partial charge in [-0.2, -0.15) is 0 Å². The molecule has 0 aromatic heterocycles. The van der Waals surface area contributed by atoms with E-state index in [1.165, 1.54) is 0 Å². The molecule has 0 fully saturated rings. The minimum absolute atomic E-state index is 0.168. The van der Waals surface area contributed by atoms with Crippen LogP contribution in [0.3, 0.4) is 0 Å². The molecule has 92 valence electrons. The number of thiocarbonyl (C=S) groups is 2. The lowest BCUT2D eigenvalue weighted by Gasteiger charge is -2.13. The maximum absolute atomic E-state index is 5.32. The van der Waals surface area contributed by atoms with E-state index < -0.39 is 0 Å². The van der Waals surface area contributed by atoms with Crippen LogP contribution in [0.4, 0.5) is 11.4 Å². The van der Waals surface area contributed by atoms with Gasteiger partial charge in [0.15, 0.2) is 10.2 Å². The summed E-state index contributed by atoms with van der Waals surface area (Å²) in [5.74, 6) is 0. The molecule has 0 saturated carbocycles. The smallest absolute Gasteiger partial charge is 0.182 e. The predicted molar refractivity (Wildman–Crippen MR) is 78.3 cm³/mol. The van der Waals surface area contributed by atoms with Crippen molar-refractivity contribution in [3.8, 4) is 0 Å². The Bertz CT molecular complexity index is 433. The Morgan fingerprint density at radius 1 is 1.06 bits per heavy atom. The third-order valence-electron chi connectivity index (χ3n) is 1.89. The summed E-state index contributed by atoms with van der Waals surface area (Å²) in [4.78, 5) is 0. The van der Waals surface area contributed by atoms with E-state index in [-0.39, 0.29) is 10.2 Å². The molecule has 8 N–H and O–H groups in total. The second kappa shape index (κ2) is 6.06. The van der Waals surface area contributed by atoms with E-state index in [2.05, 4.69) is 33.9 Å². The number of hydrogen-bond acceptors (Lipinski definition) is 4. The van der Waals surface area contributed by atoms with E-state index >= 15 is 0 Å². The molecule has 8 heteroatoms. The van der Waals surface area contributed by atoms with Gasteiger partial charge in [-0.15, -0.1) is 0 Å². The standard InChI is InChI=1S/C9H14N6S2/c1-5-2-3-6(12-14-8(10)16)4-7(5)13-15-9(11)17/h2-4,12-13H,1H3,(H3,10,14,16)(H3,11,15,17). The number of hydrazine groups is 2. The van der Waals surface area contributed by atoms with Gasteiger partial charge in [0.05, 0.1) is 11.4 Å². The van der Waals surface area contributed by atoms with Crippen LogP contribution >= 0.6 is 24.4 Å². The molecule has 0 amide bonds. The van der Waals surface area contributed by atoms with Crippen molar-refractivity contribution in [1.29, 1.82) is 0 Å². The first kappa shape index (κ1) is 13.3. The maximum Gasteiger partial charge on any atom is 0.182 e. The lowest BCUT2D eigenvalue weighted by atomic mass is 10.2. The molecule has 0 heterocycles. The Balaban J connectivity index is 2.71. The average Bonchev–Trinajstić information content (AvgIpc) is 2.26. The Morgan fingerprint density at radius 2 is 1.65 bits per heavy atom. The van der Waals surface area contributed by atoms with E-state index in [9.17, 15) is 0 Å². The van der Waals surface area contributed by atoms with Crippen molar-refractivity contribution in [2.24, 2.45) is 11.5 Å². The highest BCUT2D eigenvalue weighted by Gasteiger charge is 2.00. The molecule has 0 saturated heterocycles. The number of hydrogen-bond donors (Lipinski definition) is 6. The van der Waals surface area contributed by atoms with Gasteiger partial charge < -0.3 is 11.5 Å². The molecule has 0 bridgehead atoms. The highest BCUT2D eigenvalue weighted by molar-refractivity contribution is 7.80. The Labute approximate surface area is 110 Å². The third-order valence-corrected chi connectivity index (χ3v) is 2.09. The molecule has 0 atom stereocenters. The quantitative estimate of drug-likeness (QED) is 0.344. The first-order chi connectivity index (χ1) is 7.99. The SMILES string of the molecule is Cc1ccc(NNC(N)=S)cc1NNC(N)=S. The molecule has 1 aromatic rings. The topological polar surface area (TPSA) is 100 Å². The molecule has 6 nitrogen and oxygen atoms in total. The van der Waals surface area contributed by atoms with Crippen molar-refractivity contribution in [2.75, 3.05) is 10.9 Å². The minimum Gasteiger partial charge on any atom is -0.375 e. The van der Waals surface area contributed by atoms with Gasteiger partial charge in [0.25, 0.3) is 0 Å². The summed E-state index contributed by atoms with van der Waals surface area (Å²) in [5.41, 5.74) is 24.3. The molecule has 0 unspecified atom stereocenters. The van der Waals surface area contributed by atoms with Crippen LogP contribution in [-0.4, -0.2) is 10.2 Å². The molecule has 0 aliphatic heterocycles. The summed E-state index contributed by atoms with van der Waals surface area (Å²) in [6.45, 7) is 1.95. The molecule has 0 radical (unpaired) electrons. The molecule has 0 spiro atoms. The Morgan fingerprint density at radius 3 is 2.24 bits per heavy atom. The molecule has 0 aliphatic carbocycles. The van der Waals surface area contributed by atoms with Crippen LogP contribution in [0.15, 0.2) is 18.2 Å². The summed E-state index contributed by atoms with van der Waals surface area (Å²) >= 11 is 9.38. The summed E-state index contributed by atoms with van der Waals surface area (Å²) in [5, 5.41) is 0.338. The fourth-order valence-corrected chi connectivity index (χ4v) is 1.20. The predicted octanol–water partition coefficient (Wildman–Crippen LogP) is 0.315. The fraction of sp³-hybridized carbons (Fsp3) is 0.111. The summed E-state index contributed by atoms with van der Waals surface area (Å²) < 4.78 is 0. The Kier molecular flexibility index (Phi) is 4.73. The lowest BCUT2D eigenvalue weighted by Crippen LogP contribution is -2.35. The number of anilines is 2. The normalized spacial score (nSPS) is 9.24. The highest BCUT2D eigenvalue weighted by atomic mass is 32.1. The van der Waals surface area contributed by atoms with Crippen LogP contribution in [-0.2, 0) is 0 Å². The van der Waals surface area contributed by atoms with Crippen LogP contribution in [0, 0.1) is 6.92 Å². The largest absolute Gasteiger partial charge is 0.375 e. The van der Waals surface area contributed by atoms with Gasteiger partial charge in [0.1, 0.15) is 0 Å². The molecule has 0 aliphatic rings. The van der Waals surface area contributed by atoms with Crippen LogP contribution in [0.2, 0.25) is 0 Å². The van der Waals surface area contributed by atoms with E-state index in [0.29, 0.717) is 0 Å². The van der Waals surface area contributed by atoms with E-state index in [1.54, 1.807) is 0 Å². The monoisotopic (exact) mass is 270 g/mol. The van der Waals surface area contributed by atoms with Crippen LogP contribution in [0.5, 0.6) is 0 Å². The van der Waals surface area contributed by atoms with Crippen molar-refractivity contribution < 1.29 is 0 Å². The van der Waals surface area contributed by atoms with Gasteiger partial charge in [-0.25, -0.2) is 0 Å². The number of benzene rings is 1. The summed E-state index contributed by atoms with van der Waals surface area (Å²) in [7, 11) is 0. The molecular weight excluding hydrogens is 256 g/mol. The molecule has 17 heavy (non-hydrogen) atoms. The van der Waals surface area contributed by atoms with Gasteiger partial charge in [0.2, 0.25) is 0 Å². The molecular formula is C9H14N6S2. The number of aryl methyl sites for hydroxylation is 1. The van der Waals surface area contributed by atoms with Crippen LogP contribution in [0.1, 0.15) is 5.56 Å². The third kappa shape index (κ3) is 4.70. The van der Waals surface area contributed by atoms with Gasteiger partial charge in [-0.1, -0.05) is 6.07 Å². The van der Waals surface area contributed by atoms with Gasteiger partial charge >= 0.3 is 0 Å². The first-order valence-corrected chi connectivity index (χ1v) is 5.54. The minimum atomic E-state index is 0.168. The highest BCUT2D eigenvalue weighted by Crippen LogP contribution is 2.18. The van der Waals surface area contributed by atoms with Gasteiger partial charge in [-0.3, -0.25) is 21.7 Å². The summed E-state index contributed by atoms with van der Waals surface area (Å²) in [6, 6.07) is 5.66. The first-order valence-electron chi connectivity index (χ1n) is 4.72. The summed E-state index contributed by atoms with van der Waals surface area (Å²) in [6.07, 6.45) is 0. The lowest BCUT2D eigenvalue weighted by molar-refractivity contribution is 1.10. The van der Waals surface area contributed by atoms with Crippen molar-refractivity contribution in [2.45, 2.75) is 6.92 Å². The van der Waals surface area contributed by atoms with Gasteiger partial charge in [0, 0.05) is 0 Å². The zero-order valence-electron chi connectivity index (χ0n) is 9.20. The Hall–Kier alpha value is -1.80. The number of nitrogens with one attached hydrogen (secondary N) is 4. The molecule has 1 aromatic carbocycles. The van der Waals surface area contributed by atoms with E-state index in [4.69, 9.17) is 23.7 Å². The fourth-order valence-electron chi connectivity index (χ4n) is 1.10. The van der Waals surface area contributed by atoms with Crippen molar-refractivity contribution in [3.05, 3.63) is 23.8 Å². The number of nitrogens with two attached hydrogens (primary N) is 2. The van der Waals surface area contributed by atoms with Crippen molar-refractivity contribution in [3.63, 3.8) is 0 Å². The second-order valence-electron chi connectivity index (χ2n) is 3.26. The van der Waals surface area contributed by atoms with Crippen molar-refractivity contribution >= 4 is 46.0 Å². The van der Waals surface area contributed by atoms with Gasteiger partial charge in [-0.05, 0) is 49.1 Å². The van der Waals surface area contributed by atoms with Crippen LogP contribution < -0.4 is 33.2 Å². The number of rotatable bonds is 4. The van der Waals surface area contributed by atoms with E-state index in [1.807, 2.05) is 25.1 Å².